The number of carbonyl (C=O) groups is 1. The Balaban J connectivity index is 2.26. The molecule has 1 nitrogen and oxygen atoms in total. The van der Waals surface area contributed by atoms with Gasteiger partial charge in [-0.15, -0.1) is 0 Å². The molecule has 1 aliphatic carbocycles. The van der Waals surface area contributed by atoms with Crippen molar-refractivity contribution in [1.29, 1.82) is 0 Å². The lowest BCUT2D eigenvalue weighted by atomic mass is 9.88. The number of unbranched alkanes of at least 4 members (excludes halogenated alkanes) is 2. The van der Waals surface area contributed by atoms with Crippen LogP contribution in [0.4, 0.5) is 0 Å². The van der Waals surface area contributed by atoms with Gasteiger partial charge in [0, 0.05) is 5.92 Å². The highest BCUT2D eigenvalue weighted by Gasteiger charge is 2.19. The largest absolute Gasteiger partial charge is 0.281 e. The third-order valence-electron chi connectivity index (χ3n) is 2.93. The van der Waals surface area contributed by atoms with E-state index in [9.17, 15) is 4.79 Å². The van der Waals surface area contributed by atoms with E-state index in [2.05, 4.69) is 13.0 Å². The average molecular weight is 215 g/mol. The first-order valence-electron chi connectivity index (χ1n) is 5.61. The maximum absolute atomic E-state index is 10.9. The van der Waals surface area contributed by atoms with E-state index in [4.69, 9.17) is 11.6 Å². The van der Waals surface area contributed by atoms with Crippen LogP contribution in [0.5, 0.6) is 0 Å². The molecule has 0 saturated heterocycles. The molecule has 1 unspecified atom stereocenters. The standard InChI is InChI=1S/C12H19ClO/c1-2-3-4-5-10-6-8-11(9-7-10)12(13)14/h6,11H,2-5,7-9H2,1H3. The van der Waals surface area contributed by atoms with Crippen molar-refractivity contribution in [2.75, 3.05) is 0 Å². The van der Waals surface area contributed by atoms with Gasteiger partial charge in [0.2, 0.25) is 5.24 Å². The molecule has 1 atom stereocenters. The van der Waals surface area contributed by atoms with Gasteiger partial charge in [-0.25, -0.2) is 0 Å². The van der Waals surface area contributed by atoms with Crippen molar-refractivity contribution in [2.45, 2.75) is 51.9 Å². The van der Waals surface area contributed by atoms with Gasteiger partial charge in [-0.2, -0.15) is 0 Å². The molecule has 0 aromatic heterocycles. The highest BCUT2D eigenvalue weighted by Crippen LogP contribution is 2.27. The van der Waals surface area contributed by atoms with Crippen LogP contribution in [-0.2, 0) is 4.79 Å². The summed E-state index contributed by atoms with van der Waals surface area (Å²) in [5, 5.41) is -0.158. The molecule has 0 saturated carbocycles. The monoisotopic (exact) mass is 214 g/mol. The lowest BCUT2D eigenvalue weighted by molar-refractivity contribution is -0.115. The van der Waals surface area contributed by atoms with E-state index >= 15 is 0 Å². The number of allylic oxidation sites excluding steroid dienone is 2. The fraction of sp³-hybridized carbons (Fsp3) is 0.750. The van der Waals surface area contributed by atoms with Gasteiger partial charge in [0.15, 0.2) is 0 Å². The zero-order valence-corrected chi connectivity index (χ0v) is 9.65. The molecule has 0 aromatic rings. The Kier molecular flexibility index (Phi) is 5.24. The molecular formula is C12H19ClO. The van der Waals surface area contributed by atoms with Crippen LogP contribution in [-0.4, -0.2) is 5.24 Å². The molecule has 80 valence electrons. The molecule has 0 aliphatic heterocycles. The maximum Gasteiger partial charge on any atom is 0.225 e. The second-order valence-electron chi connectivity index (χ2n) is 4.09. The zero-order chi connectivity index (χ0) is 10.4. The number of hydrogen-bond donors (Lipinski definition) is 0. The van der Waals surface area contributed by atoms with Gasteiger partial charge in [0.05, 0.1) is 0 Å². The van der Waals surface area contributed by atoms with Crippen molar-refractivity contribution in [2.24, 2.45) is 5.92 Å². The summed E-state index contributed by atoms with van der Waals surface area (Å²) in [5.74, 6) is 0.0894. The molecule has 0 amide bonds. The van der Waals surface area contributed by atoms with Crippen LogP contribution in [0.15, 0.2) is 11.6 Å². The van der Waals surface area contributed by atoms with Gasteiger partial charge in [0.25, 0.3) is 0 Å². The summed E-state index contributed by atoms with van der Waals surface area (Å²) in [7, 11) is 0. The maximum atomic E-state index is 10.9. The van der Waals surface area contributed by atoms with Crippen LogP contribution < -0.4 is 0 Å². The van der Waals surface area contributed by atoms with Crippen molar-refractivity contribution in [3.8, 4) is 0 Å². The van der Waals surface area contributed by atoms with Crippen LogP contribution >= 0.6 is 11.6 Å². The van der Waals surface area contributed by atoms with Crippen molar-refractivity contribution in [1.82, 2.24) is 0 Å². The molecule has 2 heteroatoms. The third-order valence-corrected chi connectivity index (χ3v) is 3.24. The van der Waals surface area contributed by atoms with Crippen LogP contribution in [0, 0.1) is 5.92 Å². The summed E-state index contributed by atoms with van der Waals surface area (Å²) in [6.45, 7) is 2.22. The van der Waals surface area contributed by atoms with Gasteiger partial charge in [-0.1, -0.05) is 31.4 Å². The van der Waals surface area contributed by atoms with Gasteiger partial charge >= 0.3 is 0 Å². The SMILES string of the molecule is CCCCCC1=CCC(C(=O)Cl)CC1. The molecule has 1 aliphatic rings. The minimum absolute atomic E-state index is 0.0894. The second-order valence-corrected chi connectivity index (χ2v) is 4.47. The molecule has 0 aromatic carbocycles. The predicted octanol–water partition coefficient (Wildman–Crippen LogP) is 4.06. The van der Waals surface area contributed by atoms with Gasteiger partial charge in [-0.3, -0.25) is 4.79 Å². The first kappa shape index (κ1) is 11.8. The Morgan fingerprint density at radius 2 is 2.36 bits per heavy atom. The fourth-order valence-corrected chi connectivity index (χ4v) is 2.12. The molecular weight excluding hydrogens is 196 g/mol. The van der Waals surface area contributed by atoms with E-state index in [0.717, 1.165) is 19.3 Å². The Labute approximate surface area is 91.5 Å². The highest BCUT2D eigenvalue weighted by molar-refractivity contribution is 6.64. The highest BCUT2D eigenvalue weighted by atomic mass is 35.5. The smallest absolute Gasteiger partial charge is 0.225 e. The van der Waals surface area contributed by atoms with Crippen LogP contribution in [0.2, 0.25) is 0 Å². The van der Waals surface area contributed by atoms with Crippen molar-refractivity contribution >= 4 is 16.8 Å². The molecule has 1 rings (SSSR count). The van der Waals surface area contributed by atoms with E-state index in [1.807, 2.05) is 0 Å². The number of rotatable bonds is 5. The quantitative estimate of drug-likeness (QED) is 0.383. The number of hydrogen-bond acceptors (Lipinski definition) is 1. The zero-order valence-electron chi connectivity index (χ0n) is 8.89. The molecule has 0 fully saturated rings. The van der Waals surface area contributed by atoms with E-state index in [1.165, 1.54) is 31.3 Å². The topological polar surface area (TPSA) is 17.1 Å². The molecule has 0 bridgehead atoms. The molecule has 0 spiro atoms. The van der Waals surface area contributed by atoms with Crippen molar-refractivity contribution in [3.05, 3.63) is 11.6 Å². The van der Waals surface area contributed by atoms with Gasteiger partial charge in [-0.05, 0) is 43.7 Å². The summed E-state index contributed by atoms with van der Waals surface area (Å²) in [6, 6.07) is 0. The predicted molar refractivity (Wildman–Crippen MR) is 60.4 cm³/mol. The lowest BCUT2D eigenvalue weighted by Crippen LogP contribution is -2.12. The summed E-state index contributed by atoms with van der Waals surface area (Å²) in [5.41, 5.74) is 1.53. The van der Waals surface area contributed by atoms with Gasteiger partial charge < -0.3 is 0 Å². The average Bonchev–Trinajstić information content (AvgIpc) is 2.19. The third kappa shape index (κ3) is 3.83. The van der Waals surface area contributed by atoms with E-state index in [1.54, 1.807) is 0 Å². The molecule has 14 heavy (non-hydrogen) atoms. The van der Waals surface area contributed by atoms with Crippen LogP contribution in [0.3, 0.4) is 0 Å². The minimum Gasteiger partial charge on any atom is -0.281 e. The van der Waals surface area contributed by atoms with Crippen LogP contribution in [0.25, 0.3) is 0 Å². The summed E-state index contributed by atoms with van der Waals surface area (Å²) in [6.07, 6.45) is 10.2. The van der Waals surface area contributed by atoms with E-state index in [0.29, 0.717) is 0 Å². The molecule has 0 radical (unpaired) electrons. The Bertz CT molecular complexity index is 220. The summed E-state index contributed by atoms with van der Waals surface area (Å²) in [4.78, 5) is 10.9. The summed E-state index contributed by atoms with van der Waals surface area (Å²) < 4.78 is 0. The number of carbonyl (C=O) groups excluding carboxylic acids is 1. The van der Waals surface area contributed by atoms with Crippen molar-refractivity contribution < 1.29 is 4.79 Å². The fourth-order valence-electron chi connectivity index (χ4n) is 1.92. The molecule has 0 N–H and O–H groups in total. The molecule has 0 heterocycles. The first-order chi connectivity index (χ1) is 6.74. The van der Waals surface area contributed by atoms with E-state index < -0.39 is 0 Å². The Morgan fingerprint density at radius 3 is 2.86 bits per heavy atom. The lowest BCUT2D eigenvalue weighted by Gasteiger charge is -2.18. The van der Waals surface area contributed by atoms with Gasteiger partial charge in [0.1, 0.15) is 0 Å². The van der Waals surface area contributed by atoms with Crippen LogP contribution in [0.1, 0.15) is 51.9 Å². The normalized spacial score (nSPS) is 21.9. The first-order valence-corrected chi connectivity index (χ1v) is 5.99. The summed E-state index contributed by atoms with van der Waals surface area (Å²) >= 11 is 5.46. The Morgan fingerprint density at radius 1 is 1.57 bits per heavy atom. The second kappa shape index (κ2) is 6.23. The van der Waals surface area contributed by atoms with E-state index in [-0.39, 0.29) is 11.2 Å². The Hall–Kier alpha value is -0.300. The number of halogens is 1. The van der Waals surface area contributed by atoms with Crippen molar-refractivity contribution in [3.63, 3.8) is 0 Å². The minimum atomic E-state index is -0.158.